The van der Waals surface area contributed by atoms with Gasteiger partial charge in [0, 0.05) is 24.0 Å². The summed E-state index contributed by atoms with van der Waals surface area (Å²) in [5.41, 5.74) is 3.52. The summed E-state index contributed by atoms with van der Waals surface area (Å²) in [5, 5.41) is 8.82. The first-order valence-electron chi connectivity index (χ1n) is 13.2. The van der Waals surface area contributed by atoms with Crippen LogP contribution in [0.3, 0.4) is 0 Å². The average molecular weight is 519 g/mol. The quantitative estimate of drug-likeness (QED) is 0.214. The minimum absolute atomic E-state index is 0.136. The summed E-state index contributed by atoms with van der Waals surface area (Å²) in [6, 6.07) is 33.4. The van der Waals surface area contributed by atoms with Gasteiger partial charge in [0.15, 0.2) is 11.6 Å². The van der Waals surface area contributed by atoms with Gasteiger partial charge in [-0.15, -0.1) is 0 Å². The molecule has 0 aromatic heterocycles. The second-order valence-corrected chi connectivity index (χ2v) is 11.7. The van der Waals surface area contributed by atoms with E-state index in [0.717, 1.165) is 64.4 Å². The van der Waals surface area contributed by atoms with Gasteiger partial charge < -0.3 is 0 Å². The molecule has 2 aliphatic carbocycles. The van der Waals surface area contributed by atoms with Gasteiger partial charge in [0.25, 0.3) is 0 Å². The number of rotatable bonds is 2. The van der Waals surface area contributed by atoms with Crippen LogP contribution < -0.4 is 0 Å². The van der Waals surface area contributed by atoms with E-state index in [1.807, 2.05) is 24.3 Å². The van der Waals surface area contributed by atoms with Crippen molar-refractivity contribution in [2.24, 2.45) is 0 Å². The lowest BCUT2D eigenvalue weighted by atomic mass is 9.89. The van der Waals surface area contributed by atoms with Crippen molar-refractivity contribution in [2.45, 2.75) is 12.8 Å². The number of ketones is 2. The number of thioether (sulfide) groups is 1. The second-order valence-electron chi connectivity index (χ2n) is 10.4. The van der Waals surface area contributed by atoms with Crippen LogP contribution in [-0.2, 0) is 0 Å². The lowest BCUT2D eigenvalue weighted by Gasteiger charge is -2.21. The lowest BCUT2D eigenvalue weighted by Crippen LogP contribution is -2.10. The Kier molecular flexibility index (Phi) is 4.92. The highest BCUT2D eigenvalue weighted by Crippen LogP contribution is 2.43. The fourth-order valence-electron chi connectivity index (χ4n) is 6.17. The monoisotopic (exact) mass is 518 g/mol. The van der Waals surface area contributed by atoms with Gasteiger partial charge in [0.05, 0.1) is 0 Å². The third-order valence-electron chi connectivity index (χ3n) is 7.96. The minimum Gasteiger partial charge on any atom is -0.294 e. The molecule has 0 bridgehead atoms. The first-order valence-corrected chi connectivity index (χ1v) is 14.0. The molecule has 0 fully saturated rings. The molecule has 6 aromatic carbocycles. The normalized spacial score (nSPS) is 15.0. The fraction of sp³-hybridized carbons (Fsp3) is 0.0556. The zero-order valence-electron chi connectivity index (χ0n) is 21.0. The van der Waals surface area contributed by atoms with Crippen molar-refractivity contribution >= 4 is 78.6 Å². The Morgan fingerprint density at radius 2 is 0.872 bits per heavy atom. The molecule has 0 saturated carbocycles. The van der Waals surface area contributed by atoms with Gasteiger partial charge in [-0.05, 0) is 100 Å². The van der Waals surface area contributed by atoms with Gasteiger partial charge in [-0.1, -0.05) is 84.6 Å². The molecule has 39 heavy (non-hydrogen) atoms. The molecular weight excluding hydrogens is 496 g/mol. The topological polar surface area (TPSA) is 34.1 Å². The highest BCUT2D eigenvalue weighted by molar-refractivity contribution is 8.07. The largest absolute Gasteiger partial charge is 0.294 e. The van der Waals surface area contributed by atoms with Crippen molar-refractivity contribution in [3.05, 3.63) is 129 Å². The Balaban J connectivity index is 1.18. The molecule has 0 N–H and O–H groups in total. The molecule has 0 spiro atoms. The summed E-state index contributed by atoms with van der Waals surface area (Å²) in [6.07, 6.45) is 4.96. The summed E-state index contributed by atoms with van der Waals surface area (Å²) in [7, 11) is 0. The maximum Gasteiger partial charge on any atom is 0.169 e. The van der Waals surface area contributed by atoms with E-state index in [4.69, 9.17) is 0 Å². The first kappa shape index (κ1) is 22.5. The third-order valence-corrected chi connectivity index (χ3v) is 9.01. The van der Waals surface area contributed by atoms with Crippen molar-refractivity contribution in [3.63, 3.8) is 0 Å². The van der Waals surface area contributed by atoms with E-state index in [9.17, 15) is 9.59 Å². The number of benzene rings is 6. The van der Waals surface area contributed by atoms with Crippen LogP contribution >= 0.6 is 11.8 Å². The smallest absolute Gasteiger partial charge is 0.169 e. The van der Waals surface area contributed by atoms with Crippen molar-refractivity contribution in [3.8, 4) is 0 Å². The number of carbonyl (C=O) groups excluding carboxylic acids is 2. The fourth-order valence-corrected chi connectivity index (χ4v) is 7.28. The Morgan fingerprint density at radius 1 is 0.462 bits per heavy atom. The Bertz CT molecular complexity index is 1980. The van der Waals surface area contributed by atoms with Crippen molar-refractivity contribution in [1.82, 2.24) is 0 Å². The van der Waals surface area contributed by atoms with E-state index < -0.39 is 0 Å². The molecule has 0 heterocycles. The van der Waals surface area contributed by atoms with Crippen molar-refractivity contribution in [2.75, 3.05) is 0 Å². The molecule has 2 aliphatic rings. The Hall–Kier alpha value is -4.47. The van der Waals surface area contributed by atoms with Crippen LogP contribution in [0.2, 0.25) is 0 Å². The van der Waals surface area contributed by atoms with Crippen LogP contribution in [0.15, 0.2) is 107 Å². The number of carbonyl (C=O) groups is 2. The number of Topliss-reactive ketones (excluding diaryl/α,β-unsaturated/α-hetero) is 2. The van der Waals surface area contributed by atoms with Crippen LogP contribution in [-0.4, -0.2) is 11.6 Å². The summed E-state index contributed by atoms with van der Waals surface area (Å²) in [4.78, 5) is 28.9. The molecule has 0 radical (unpaired) electrons. The van der Waals surface area contributed by atoms with E-state index in [-0.39, 0.29) is 11.6 Å². The standard InChI is InChI=1S/C36H22O2S/c37-33-19-29(15-27-11-9-25-13-21-5-1-3-7-23(21)17-31(25)35(27)33)39-30-16-28-12-10-26-14-22-6-2-4-8-24(22)18-32(26)36(28)34(38)20-30/h1-18H,19-20H2. The maximum absolute atomic E-state index is 13.5. The highest BCUT2D eigenvalue weighted by atomic mass is 32.2. The molecule has 3 heteroatoms. The minimum atomic E-state index is 0.136. The van der Waals surface area contributed by atoms with Gasteiger partial charge in [0.1, 0.15) is 0 Å². The van der Waals surface area contributed by atoms with E-state index in [1.165, 1.54) is 10.8 Å². The van der Waals surface area contributed by atoms with Gasteiger partial charge in [0.2, 0.25) is 0 Å². The third kappa shape index (κ3) is 3.65. The second kappa shape index (κ2) is 8.52. The molecule has 0 saturated heterocycles. The van der Waals surface area contributed by atoms with E-state index in [0.29, 0.717) is 12.8 Å². The zero-order valence-corrected chi connectivity index (χ0v) is 21.8. The summed E-state index contributed by atoms with van der Waals surface area (Å²) < 4.78 is 0. The van der Waals surface area contributed by atoms with E-state index >= 15 is 0 Å². The molecule has 6 aromatic rings. The Morgan fingerprint density at radius 3 is 1.31 bits per heavy atom. The van der Waals surface area contributed by atoms with Crippen molar-refractivity contribution in [1.29, 1.82) is 0 Å². The molecule has 0 aliphatic heterocycles. The summed E-state index contributed by atoms with van der Waals surface area (Å²) in [5.74, 6) is 0.272. The first-order chi connectivity index (χ1) is 19.1. The van der Waals surface area contributed by atoms with Crippen LogP contribution in [0.5, 0.6) is 0 Å². The lowest BCUT2D eigenvalue weighted by molar-refractivity contribution is 0.0988. The Labute approximate surface area is 229 Å². The number of hydrogen-bond acceptors (Lipinski definition) is 3. The van der Waals surface area contributed by atoms with Crippen molar-refractivity contribution < 1.29 is 9.59 Å². The predicted octanol–water partition coefficient (Wildman–Crippen LogP) is 9.59. The highest BCUT2D eigenvalue weighted by Gasteiger charge is 2.26. The number of allylic oxidation sites excluding steroid dienone is 2. The molecule has 8 rings (SSSR count). The molecule has 184 valence electrons. The van der Waals surface area contributed by atoms with Crippen LogP contribution in [0, 0.1) is 0 Å². The predicted molar refractivity (Wildman–Crippen MR) is 164 cm³/mol. The molecule has 0 unspecified atom stereocenters. The van der Waals surface area contributed by atoms with Gasteiger partial charge in [-0.25, -0.2) is 0 Å². The zero-order chi connectivity index (χ0) is 26.1. The van der Waals surface area contributed by atoms with Crippen LogP contribution in [0.4, 0.5) is 0 Å². The average Bonchev–Trinajstić information content (AvgIpc) is 2.94. The number of hydrogen-bond donors (Lipinski definition) is 0. The van der Waals surface area contributed by atoms with Gasteiger partial charge >= 0.3 is 0 Å². The van der Waals surface area contributed by atoms with Gasteiger partial charge in [-0.3, -0.25) is 9.59 Å². The molecular formula is C36H22O2S. The van der Waals surface area contributed by atoms with Crippen LogP contribution in [0.1, 0.15) is 44.7 Å². The van der Waals surface area contributed by atoms with E-state index in [1.54, 1.807) is 11.8 Å². The summed E-state index contributed by atoms with van der Waals surface area (Å²) in [6.45, 7) is 0. The SMILES string of the molecule is O=C1CC(SC2=Cc3ccc4cc5ccccc5cc4c3C(=O)C2)=Cc2ccc3cc4ccccc4cc3c21. The van der Waals surface area contributed by atoms with Crippen LogP contribution in [0.25, 0.3) is 55.2 Å². The van der Waals surface area contributed by atoms with E-state index in [2.05, 4.69) is 84.9 Å². The molecule has 0 amide bonds. The van der Waals surface area contributed by atoms with Gasteiger partial charge in [-0.2, -0.15) is 0 Å². The maximum atomic E-state index is 13.5. The summed E-state index contributed by atoms with van der Waals surface area (Å²) >= 11 is 1.57. The molecule has 2 nitrogen and oxygen atoms in total. The number of fused-ring (bicyclic) bond motifs is 8. The molecule has 0 atom stereocenters.